The van der Waals surface area contributed by atoms with Crippen LogP contribution in [-0.2, 0) is 18.9 Å². The van der Waals surface area contributed by atoms with Crippen LogP contribution in [0.15, 0.2) is 30.3 Å². The van der Waals surface area contributed by atoms with Gasteiger partial charge < -0.3 is 18.9 Å². The Morgan fingerprint density at radius 3 is 2.60 bits per heavy atom. The first-order chi connectivity index (χ1) is 9.46. The maximum absolute atomic E-state index is 12.1. The van der Waals surface area contributed by atoms with Crippen molar-refractivity contribution in [3.63, 3.8) is 0 Å². The lowest BCUT2D eigenvalue weighted by molar-refractivity contribution is -0.212. The number of esters is 1. The Bertz CT molecular complexity index is 498. The van der Waals surface area contributed by atoms with Crippen molar-refractivity contribution in [3.05, 3.63) is 35.9 Å². The van der Waals surface area contributed by atoms with Crippen molar-refractivity contribution in [2.45, 2.75) is 51.2 Å². The number of hydrogen-bond acceptors (Lipinski definition) is 5. The molecular weight excluding hydrogens is 260 g/mol. The van der Waals surface area contributed by atoms with Gasteiger partial charge in [0.15, 0.2) is 24.3 Å². The third-order valence-corrected chi connectivity index (χ3v) is 3.48. The van der Waals surface area contributed by atoms with Gasteiger partial charge in [-0.3, -0.25) is 0 Å². The van der Waals surface area contributed by atoms with Gasteiger partial charge in [-0.25, -0.2) is 4.79 Å². The first-order valence-electron chi connectivity index (χ1n) is 6.73. The minimum Gasteiger partial charge on any atom is -0.453 e. The van der Waals surface area contributed by atoms with E-state index in [-0.39, 0.29) is 18.2 Å². The standard InChI is InChI=1S/C15H18O5/c1-9-11(12-14(17-9)20-15(2,3)19-12)18-13(16)10-7-5-4-6-8-10/h4-9,11-12,14H,1-3H3/t9-,11-,12-,14-/m1/s1. The molecular formula is C15H18O5. The van der Waals surface area contributed by atoms with E-state index in [9.17, 15) is 4.79 Å². The average molecular weight is 278 g/mol. The van der Waals surface area contributed by atoms with Crippen molar-refractivity contribution in [2.75, 3.05) is 0 Å². The second kappa shape index (κ2) is 4.84. The maximum atomic E-state index is 12.1. The summed E-state index contributed by atoms with van der Waals surface area (Å²) in [5.74, 6) is -1.09. The Morgan fingerprint density at radius 2 is 1.90 bits per heavy atom. The van der Waals surface area contributed by atoms with Crippen LogP contribution in [0.2, 0.25) is 0 Å². The molecule has 0 bridgehead atoms. The summed E-state index contributed by atoms with van der Waals surface area (Å²) < 4.78 is 22.6. The number of carbonyl (C=O) groups excluding carboxylic acids is 1. The normalized spacial score (nSPS) is 34.8. The zero-order valence-electron chi connectivity index (χ0n) is 11.7. The van der Waals surface area contributed by atoms with Crippen molar-refractivity contribution < 1.29 is 23.7 Å². The van der Waals surface area contributed by atoms with Crippen LogP contribution in [0.4, 0.5) is 0 Å². The third-order valence-electron chi connectivity index (χ3n) is 3.48. The zero-order valence-corrected chi connectivity index (χ0v) is 11.7. The van der Waals surface area contributed by atoms with Gasteiger partial charge in [-0.05, 0) is 32.9 Å². The average Bonchev–Trinajstić information content (AvgIpc) is 2.84. The Kier molecular flexibility index (Phi) is 3.28. The molecule has 4 atom stereocenters. The van der Waals surface area contributed by atoms with Crippen LogP contribution in [-0.4, -0.2) is 36.4 Å². The molecule has 0 unspecified atom stereocenters. The summed E-state index contributed by atoms with van der Waals surface area (Å²) >= 11 is 0. The van der Waals surface area contributed by atoms with Crippen molar-refractivity contribution in [2.24, 2.45) is 0 Å². The van der Waals surface area contributed by atoms with E-state index in [1.165, 1.54) is 0 Å². The quantitative estimate of drug-likeness (QED) is 0.775. The molecule has 2 aliphatic heterocycles. The Labute approximate surface area is 117 Å². The van der Waals surface area contributed by atoms with E-state index in [2.05, 4.69) is 0 Å². The second-order valence-corrected chi connectivity index (χ2v) is 5.55. The largest absolute Gasteiger partial charge is 0.453 e. The van der Waals surface area contributed by atoms with Gasteiger partial charge in [-0.15, -0.1) is 0 Å². The lowest BCUT2D eigenvalue weighted by Gasteiger charge is -2.23. The van der Waals surface area contributed by atoms with Crippen LogP contribution in [0.1, 0.15) is 31.1 Å². The number of hydrogen-bond donors (Lipinski definition) is 0. The fraction of sp³-hybridized carbons (Fsp3) is 0.533. The number of carbonyl (C=O) groups is 1. The maximum Gasteiger partial charge on any atom is 0.338 e. The molecule has 2 saturated heterocycles. The van der Waals surface area contributed by atoms with Crippen LogP contribution in [0.5, 0.6) is 0 Å². The van der Waals surface area contributed by atoms with Gasteiger partial charge in [-0.1, -0.05) is 18.2 Å². The lowest BCUT2D eigenvalue weighted by atomic mass is 10.1. The molecule has 0 aliphatic carbocycles. The molecule has 1 aromatic carbocycles. The first kappa shape index (κ1) is 13.5. The summed E-state index contributed by atoms with van der Waals surface area (Å²) in [7, 11) is 0. The molecule has 0 amide bonds. The third kappa shape index (κ3) is 2.44. The predicted octanol–water partition coefficient (Wildman–Crippen LogP) is 2.11. The van der Waals surface area contributed by atoms with Crippen LogP contribution < -0.4 is 0 Å². The second-order valence-electron chi connectivity index (χ2n) is 5.55. The van der Waals surface area contributed by atoms with Crippen LogP contribution in [0, 0.1) is 0 Å². The van der Waals surface area contributed by atoms with Gasteiger partial charge >= 0.3 is 5.97 Å². The van der Waals surface area contributed by atoms with E-state index in [1.54, 1.807) is 24.3 Å². The molecule has 5 heteroatoms. The molecule has 5 nitrogen and oxygen atoms in total. The summed E-state index contributed by atoms with van der Waals surface area (Å²) in [6, 6.07) is 8.88. The van der Waals surface area contributed by atoms with E-state index in [0.717, 1.165) is 0 Å². The summed E-state index contributed by atoms with van der Waals surface area (Å²) in [4.78, 5) is 12.1. The van der Waals surface area contributed by atoms with Gasteiger partial charge in [0.1, 0.15) is 0 Å². The number of ether oxygens (including phenoxy) is 4. The highest BCUT2D eigenvalue weighted by atomic mass is 16.8. The van der Waals surface area contributed by atoms with Crippen LogP contribution in [0.25, 0.3) is 0 Å². The Hall–Kier alpha value is -1.43. The number of fused-ring (bicyclic) bond motifs is 1. The van der Waals surface area contributed by atoms with Crippen LogP contribution >= 0.6 is 0 Å². The van der Waals surface area contributed by atoms with E-state index in [1.807, 2.05) is 26.8 Å². The van der Waals surface area contributed by atoms with E-state index >= 15 is 0 Å². The predicted molar refractivity (Wildman–Crippen MR) is 70.0 cm³/mol. The van der Waals surface area contributed by atoms with Crippen molar-refractivity contribution >= 4 is 5.97 Å². The van der Waals surface area contributed by atoms with Crippen molar-refractivity contribution in [3.8, 4) is 0 Å². The minimum absolute atomic E-state index is 0.256. The zero-order chi connectivity index (χ0) is 14.3. The monoisotopic (exact) mass is 278 g/mol. The molecule has 3 rings (SSSR count). The van der Waals surface area contributed by atoms with Gasteiger partial charge in [0.05, 0.1) is 11.7 Å². The molecule has 0 saturated carbocycles. The minimum atomic E-state index is -0.715. The van der Waals surface area contributed by atoms with Gasteiger partial charge in [0.25, 0.3) is 0 Å². The fourth-order valence-corrected chi connectivity index (χ4v) is 2.57. The highest BCUT2D eigenvalue weighted by molar-refractivity contribution is 5.89. The van der Waals surface area contributed by atoms with E-state index < -0.39 is 18.2 Å². The molecule has 1 aromatic rings. The topological polar surface area (TPSA) is 54.0 Å². The summed E-state index contributed by atoms with van der Waals surface area (Å²) in [5, 5.41) is 0. The molecule has 0 radical (unpaired) electrons. The fourth-order valence-electron chi connectivity index (χ4n) is 2.57. The molecule has 20 heavy (non-hydrogen) atoms. The summed E-state index contributed by atoms with van der Waals surface area (Å²) in [6.07, 6.45) is -1.58. The summed E-state index contributed by atoms with van der Waals surface area (Å²) in [5.41, 5.74) is 0.515. The van der Waals surface area contributed by atoms with E-state index in [4.69, 9.17) is 18.9 Å². The lowest BCUT2D eigenvalue weighted by Crippen LogP contribution is -2.37. The molecule has 0 N–H and O–H groups in total. The van der Waals surface area contributed by atoms with Gasteiger partial charge in [0, 0.05) is 0 Å². The number of benzene rings is 1. The highest BCUT2D eigenvalue weighted by Gasteiger charge is 2.55. The Morgan fingerprint density at radius 1 is 1.20 bits per heavy atom. The molecule has 2 fully saturated rings. The van der Waals surface area contributed by atoms with E-state index in [0.29, 0.717) is 5.56 Å². The molecule has 108 valence electrons. The number of rotatable bonds is 2. The molecule has 0 aromatic heterocycles. The van der Waals surface area contributed by atoms with Gasteiger partial charge in [-0.2, -0.15) is 0 Å². The highest BCUT2D eigenvalue weighted by Crippen LogP contribution is 2.38. The molecule has 2 heterocycles. The van der Waals surface area contributed by atoms with Crippen molar-refractivity contribution in [1.82, 2.24) is 0 Å². The molecule has 2 aliphatic rings. The molecule has 0 spiro atoms. The van der Waals surface area contributed by atoms with Gasteiger partial charge in [0.2, 0.25) is 0 Å². The SMILES string of the molecule is C[C@H]1O[C@@H]2OC(C)(C)O[C@@H]2[C@@H]1OC(=O)c1ccccc1. The smallest absolute Gasteiger partial charge is 0.338 e. The Balaban J connectivity index is 1.72. The first-order valence-corrected chi connectivity index (χ1v) is 6.73. The van der Waals surface area contributed by atoms with Crippen molar-refractivity contribution in [1.29, 1.82) is 0 Å². The van der Waals surface area contributed by atoms with Crippen LogP contribution in [0.3, 0.4) is 0 Å². The summed E-state index contributed by atoms with van der Waals surface area (Å²) in [6.45, 7) is 5.48.